The molecule has 2 aliphatic rings. The van der Waals surface area contributed by atoms with Crippen molar-refractivity contribution in [3.8, 4) is 5.75 Å². The first-order valence-corrected chi connectivity index (χ1v) is 8.93. The molecule has 0 N–H and O–H groups in total. The first kappa shape index (κ1) is 16.3. The third kappa shape index (κ3) is 3.90. The van der Waals surface area contributed by atoms with Crippen LogP contribution in [0.1, 0.15) is 12.8 Å². The van der Waals surface area contributed by atoms with Crippen molar-refractivity contribution in [2.45, 2.75) is 18.9 Å². The molecule has 2 aromatic rings. The molecule has 132 valence electrons. The maximum atomic E-state index is 12.9. The van der Waals surface area contributed by atoms with E-state index in [0.29, 0.717) is 18.6 Å². The highest BCUT2D eigenvalue weighted by atomic mass is 19.1. The second kappa shape index (κ2) is 7.35. The smallest absolute Gasteiger partial charge is 0.151 e. The van der Waals surface area contributed by atoms with Crippen LogP contribution < -0.4 is 9.64 Å². The summed E-state index contributed by atoms with van der Waals surface area (Å²) in [6.07, 6.45) is 4.05. The number of aromatic nitrogens is 2. The molecule has 6 heteroatoms. The number of nitrogens with zero attached hydrogens (tertiary/aromatic N) is 4. The van der Waals surface area contributed by atoms with Gasteiger partial charge in [-0.3, -0.25) is 4.90 Å². The van der Waals surface area contributed by atoms with Crippen LogP contribution in [0.25, 0.3) is 0 Å². The van der Waals surface area contributed by atoms with Gasteiger partial charge in [-0.2, -0.15) is 5.10 Å². The van der Waals surface area contributed by atoms with Crippen LogP contribution in [0.2, 0.25) is 0 Å². The first-order valence-electron chi connectivity index (χ1n) is 8.93. The first-order chi connectivity index (χ1) is 12.3. The van der Waals surface area contributed by atoms with E-state index >= 15 is 0 Å². The Balaban J connectivity index is 1.29. The van der Waals surface area contributed by atoms with Gasteiger partial charge in [-0.15, -0.1) is 5.10 Å². The number of fused-ring (bicyclic) bond motifs is 1. The number of anilines is 1. The lowest BCUT2D eigenvalue weighted by Crippen LogP contribution is -2.57. The van der Waals surface area contributed by atoms with Gasteiger partial charge in [-0.05, 0) is 49.2 Å². The molecule has 1 aromatic carbocycles. The zero-order valence-electron chi connectivity index (χ0n) is 14.2. The molecule has 5 nitrogen and oxygen atoms in total. The predicted molar refractivity (Wildman–Crippen MR) is 94.2 cm³/mol. The summed E-state index contributed by atoms with van der Waals surface area (Å²) in [6, 6.07) is 10.8. The van der Waals surface area contributed by atoms with E-state index in [4.69, 9.17) is 4.74 Å². The van der Waals surface area contributed by atoms with Gasteiger partial charge in [0.25, 0.3) is 0 Å². The van der Waals surface area contributed by atoms with E-state index in [-0.39, 0.29) is 5.82 Å². The molecule has 2 saturated heterocycles. The maximum absolute atomic E-state index is 12.9. The Morgan fingerprint density at radius 1 is 1.08 bits per heavy atom. The number of ether oxygens (including phenoxy) is 1. The van der Waals surface area contributed by atoms with E-state index in [1.807, 2.05) is 12.1 Å². The molecule has 1 aromatic heterocycles. The minimum Gasteiger partial charge on any atom is -0.493 e. The van der Waals surface area contributed by atoms with Crippen LogP contribution in [0.3, 0.4) is 0 Å². The van der Waals surface area contributed by atoms with Gasteiger partial charge in [-0.25, -0.2) is 4.39 Å². The van der Waals surface area contributed by atoms with Gasteiger partial charge in [-0.1, -0.05) is 0 Å². The Hall–Kier alpha value is -2.21. The van der Waals surface area contributed by atoms with Crippen molar-refractivity contribution in [3.05, 3.63) is 48.4 Å². The Morgan fingerprint density at radius 3 is 2.76 bits per heavy atom. The van der Waals surface area contributed by atoms with Crippen LogP contribution in [0.15, 0.2) is 42.6 Å². The summed E-state index contributed by atoms with van der Waals surface area (Å²) in [5.74, 6) is 2.03. The maximum Gasteiger partial charge on any atom is 0.151 e. The predicted octanol–water partition coefficient (Wildman–Crippen LogP) is 2.60. The highest BCUT2D eigenvalue weighted by molar-refractivity contribution is 5.37. The molecule has 0 amide bonds. The molecular formula is C19H23FN4O. The van der Waals surface area contributed by atoms with Gasteiger partial charge in [0.05, 0.1) is 6.61 Å². The van der Waals surface area contributed by atoms with Gasteiger partial charge in [0.1, 0.15) is 11.6 Å². The molecule has 3 heterocycles. The summed E-state index contributed by atoms with van der Waals surface area (Å²) >= 11 is 0. The quantitative estimate of drug-likeness (QED) is 0.854. The monoisotopic (exact) mass is 342 g/mol. The fraction of sp³-hybridized carbons (Fsp3) is 0.474. The molecule has 0 aliphatic carbocycles. The highest BCUT2D eigenvalue weighted by Gasteiger charge is 2.33. The number of hydrogen-bond acceptors (Lipinski definition) is 5. The number of rotatable bonds is 4. The molecule has 0 bridgehead atoms. The zero-order valence-corrected chi connectivity index (χ0v) is 14.2. The summed E-state index contributed by atoms with van der Waals surface area (Å²) in [7, 11) is 0. The van der Waals surface area contributed by atoms with Crippen LogP contribution in [0.4, 0.5) is 10.2 Å². The average Bonchev–Trinajstić information content (AvgIpc) is 2.68. The number of piperidine rings is 1. The molecule has 25 heavy (non-hydrogen) atoms. The van der Waals surface area contributed by atoms with E-state index in [0.717, 1.165) is 44.2 Å². The normalized spacial score (nSPS) is 24.0. The minimum absolute atomic E-state index is 0.228. The van der Waals surface area contributed by atoms with Crippen molar-refractivity contribution in [1.29, 1.82) is 0 Å². The van der Waals surface area contributed by atoms with E-state index < -0.39 is 0 Å². The largest absolute Gasteiger partial charge is 0.493 e. The van der Waals surface area contributed by atoms with Crippen molar-refractivity contribution in [1.82, 2.24) is 15.1 Å². The van der Waals surface area contributed by atoms with Gasteiger partial charge >= 0.3 is 0 Å². The minimum atomic E-state index is -0.228. The fourth-order valence-corrected chi connectivity index (χ4v) is 3.81. The number of hydrogen-bond donors (Lipinski definition) is 0. The molecule has 0 radical (unpaired) electrons. The van der Waals surface area contributed by atoms with Crippen molar-refractivity contribution < 1.29 is 9.13 Å². The lowest BCUT2D eigenvalue weighted by molar-refractivity contribution is 0.0727. The van der Waals surface area contributed by atoms with Crippen LogP contribution in [-0.2, 0) is 0 Å². The van der Waals surface area contributed by atoms with E-state index in [9.17, 15) is 4.39 Å². The second-order valence-corrected chi connectivity index (χ2v) is 6.88. The van der Waals surface area contributed by atoms with Crippen LogP contribution >= 0.6 is 0 Å². The lowest BCUT2D eigenvalue weighted by atomic mass is 9.91. The second-order valence-electron chi connectivity index (χ2n) is 6.88. The standard InChI is InChI=1S/C19H23FN4O/c20-16-4-7-18(8-5-16)25-14-15-3-6-17-13-24(11-10-23(17)12-15)19-2-1-9-21-22-19/h1-2,4-5,7-9,15,17H,3,6,10-14H2/t15-,17?/m1/s1. The zero-order chi connectivity index (χ0) is 17.1. The van der Waals surface area contributed by atoms with Gasteiger partial charge in [0.15, 0.2) is 5.82 Å². The van der Waals surface area contributed by atoms with E-state index in [1.54, 1.807) is 18.3 Å². The van der Waals surface area contributed by atoms with Gasteiger partial charge in [0, 0.05) is 44.3 Å². The summed E-state index contributed by atoms with van der Waals surface area (Å²) in [5.41, 5.74) is 0. The molecule has 0 saturated carbocycles. The van der Waals surface area contributed by atoms with Gasteiger partial charge in [0.2, 0.25) is 0 Å². The molecular weight excluding hydrogens is 319 g/mol. The molecule has 2 fully saturated rings. The average molecular weight is 342 g/mol. The Kier molecular flexibility index (Phi) is 4.78. The number of piperazine rings is 1. The van der Waals surface area contributed by atoms with Crippen molar-refractivity contribution in [2.75, 3.05) is 37.7 Å². The van der Waals surface area contributed by atoms with Gasteiger partial charge < -0.3 is 9.64 Å². The van der Waals surface area contributed by atoms with Crippen LogP contribution in [0, 0.1) is 11.7 Å². The summed E-state index contributed by atoms with van der Waals surface area (Å²) in [4.78, 5) is 4.92. The third-order valence-corrected chi connectivity index (χ3v) is 5.19. The SMILES string of the molecule is Fc1ccc(OC[C@@H]2CCC3CN(c4cccnn4)CCN3C2)cc1. The number of halogens is 1. The highest BCUT2D eigenvalue weighted by Crippen LogP contribution is 2.27. The number of benzene rings is 1. The van der Waals surface area contributed by atoms with Crippen molar-refractivity contribution in [2.24, 2.45) is 5.92 Å². The van der Waals surface area contributed by atoms with E-state index in [1.165, 1.54) is 18.6 Å². The van der Waals surface area contributed by atoms with Crippen molar-refractivity contribution >= 4 is 5.82 Å². The Labute approximate surface area is 147 Å². The molecule has 2 aliphatic heterocycles. The topological polar surface area (TPSA) is 41.5 Å². The molecule has 4 rings (SSSR count). The Bertz CT molecular complexity index is 682. The summed E-state index contributed by atoms with van der Waals surface area (Å²) in [5, 5.41) is 8.22. The Morgan fingerprint density at radius 2 is 1.96 bits per heavy atom. The van der Waals surface area contributed by atoms with E-state index in [2.05, 4.69) is 20.0 Å². The molecule has 1 unspecified atom stereocenters. The third-order valence-electron chi connectivity index (χ3n) is 5.19. The summed E-state index contributed by atoms with van der Waals surface area (Å²) < 4.78 is 18.8. The van der Waals surface area contributed by atoms with Crippen LogP contribution in [-0.4, -0.2) is 53.9 Å². The molecule has 2 atom stereocenters. The lowest BCUT2D eigenvalue weighted by Gasteiger charge is -2.46. The van der Waals surface area contributed by atoms with Crippen molar-refractivity contribution in [3.63, 3.8) is 0 Å². The summed E-state index contributed by atoms with van der Waals surface area (Å²) in [6.45, 7) is 4.82. The fourth-order valence-electron chi connectivity index (χ4n) is 3.81. The molecule has 0 spiro atoms. The van der Waals surface area contributed by atoms with Crippen LogP contribution in [0.5, 0.6) is 5.75 Å².